The van der Waals surface area contributed by atoms with Gasteiger partial charge in [0.2, 0.25) is 0 Å². The van der Waals surface area contributed by atoms with Gasteiger partial charge in [0.05, 0.1) is 6.61 Å². The van der Waals surface area contributed by atoms with E-state index in [-0.39, 0.29) is 12.5 Å². The maximum Gasteiger partial charge on any atom is 0.269 e. The second kappa shape index (κ2) is 7.53. The summed E-state index contributed by atoms with van der Waals surface area (Å²) in [6.07, 6.45) is 1.84. The molecule has 2 amide bonds. The summed E-state index contributed by atoms with van der Waals surface area (Å²) in [6, 6.07) is 16.5. The summed E-state index contributed by atoms with van der Waals surface area (Å²) >= 11 is 0. The van der Waals surface area contributed by atoms with Gasteiger partial charge in [0, 0.05) is 17.3 Å². The SMILES string of the molecule is CCOc1cccc(C(=O)NNC(=O)Cn2ccc3ccccc32)c1. The monoisotopic (exact) mass is 337 g/mol. The Bertz CT molecular complexity index is 902. The van der Waals surface area contributed by atoms with Gasteiger partial charge in [0.1, 0.15) is 12.3 Å². The highest BCUT2D eigenvalue weighted by molar-refractivity contribution is 5.95. The first-order valence-corrected chi connectivity index (χ1v) is 8.03. The van der Waals surface area contributed by atoms with Crippen LogP contribution in [0, 0.1) is 0 Å². The molecule has 6 heteroatoms. The lowest BCUT2D eigenvalue weighted by Gasteiger charge is -2.10. The van der Waals surface area contributed by atoms with Crippen molar-refractivity contribution in [3.63, 3.8) is 0 Å². The van der Waals surface area contributed by atoms with Crippen LogP contribution >= 0.6 is 0 Å². The van der Waals surface area contributed by atoms with Crippen LogP contribution in [-0.2, 0) is 11.3 Å². The van der Waals surface area contributed by atoms with Crippen molar-refractivity contribution in [1.82, 2.24) is 15.4 Å². The molecule has 25 heavy (non-hydrogen) atoms. The molecule has 0 radical (unpaired) electrons. The molecule has 0 aliphatic carbocycles. The van der Waals surface area contributed by atoms with Gasteiger partial charge >= 0.3 is 0 Å². The molecule has 6 nitrogen and oxygen atoms in total. The van der Waals surface area contributed by atoms with Crippen LogP contribution in [0.1, 0.15) is 17.3 Å². The zero-order valence-electron chi connectivity index (χ0n) is 13.9. The van der Waals surface area contributed by atoms with Crippen molar-refractivity contribution in [2.75, 3.05) is 6.61 Å². The highest BCUT2D eigenvalue weighted by Gasteiger charge is 2.10. The first-order valence-electron chi connectivity index (χ1n) is 8.03. The van der Waals surface area contributed by atoms with E-state index < -0.39 is 5.91 Å². The summed E-state index contributed by atoms with van der Waals surface area (Å²) in [5, 5.41) is 1.06. The molecule has 3 rings (SSSR count). The Labute approximate surface area is 145 Å². The number of hydrazine groups is 1. The molecule has 1 aromatic heterocycles. The fourth-order valence-corrected chi connectivity index (χ4v) is 2.57. The van der Waals surface area contributed by atoms with E-state index in [4.69, 9.17) is 4.74 Å². The number of carbonyl (C=O) groups is 2. The van der Waals surface area contributed by atoms with Gasteiger partial charge in [0.25, 0.3) is 11.8 Å². The molecule has 0 spiro atoms. The molecule has 0 fully saturated rings. The lowest BCUT2D eigenvalue weighted by molar-refractivity contribution is -0.122. The van der Waals surface area contributed by atoms with Crippen molar-refractivity contribution in [1.29, 1.82) is 0 Å². The summed E-state index contributed by atoms with van der Waals surface area (Å²) in [4.78, 5) is 24.2. The minimum absolute atomic E-state index is 0.118. The van der Waals surface area contributed by atoms with E-state index in [1.807, 2.05) is 48.0 Å². The Morgan fingerprint density at radius 1 is 1.04 bits per heavy atom. The third-order valence-corrected chi connectivity index (χ3v) is 3.72. The Balaban J connectivity index is 1.58. The molecule has 0 aliphatic heterocycles. The average molecular weight is 337 g/mol. The Morgan fingerprint density at radius 2 is 1.88 bits per heavy atom. The van der Waals surface area contributed by atoms with E-state index in [1.54, 1.807) is 24.3 Å². The normalized spacial score (nSPS) is 10.4. The second-order valence-electron chi connectivity index (χ2n) is 5.47. The van der Waals surface area contributed by atoms with Gasteiger partial charge in [-0.15, -0.1) is 0 Å². The number of nitrogens with one attached hydrogen (secondary N) is 2. The van der Waals surface area contributed by atoms with E-state index in [0.717, 1.165) is 10.9 Å². The quantitative estimate of drug-likeness (QED) is 0.703. The average Bonchev–Trinajstić information content (AvgIpc) is 3.03. The molecule has 128 valence electrons. The molecule has 0 saturated carbocycles. The Morgan fingerprint density at radius 3 is 2.72 bits per heavy atom. The first-order chi connectivity index (χ1) is 12.2. The molecule has 0 atom stereocenters. The number of rotatable bonds is 5. The van der Waals surface area contributed by atoms with Crippen LogP contribution in [-0.4, -0.2) is 23.0 Å². The Hall–Kier alpha value is -3.28. The predicted octanol–water partition coefficient (Wildman–Crippen LogP) is 2.50. The zero-order valence-corrected chi connectivity index (χ0v) is 13.9. The number of ether oxygens (including phenoxy) is 1. The van der Waals surface area contributed by atoms with Gasteiger partial charge in [-0.2, -0.15) is 0 Å². The largest absolute Gasteiger partial charge is 0.494 e. The van der Waals surface area contributed by atoms with E-state index in [9.17, 15) is 9.59 Å². The van der Waals surface area contributed by atoms with Crippen molar-refractivity contribution < 1.29 is 14.3 Å². The zero-order chi connectivity index (χ0) is 17.6. The molecular weight excluding hydrogens is 318 g/mol. The summed E-state index contributed by atoms with van der Waals surface area (Å²) in [6.45, 7) is 2.51. The summed E-state index contributed by atoms with van der Waals surface area (Å²) in [7, 11) is 0. The van der Waals surface area contributed by atoms with Crippen LogP contribution in [0.4, 0.5) is 0 Å². The van der Waals surface area contributed by atoms with Crippen LogP contribution < -0.4 is 15.6 Å². The summed E-state index contributed by atoms with van der Waals surface area (Å²) in [5.74, 6) is -0.0942. The third-order valence-electron chi connectivity index (χ3n) is 3.72. The van der Waals surface area contributed by atoms with Crippen LogP contribution in [0.5, 0.6) is 5.75 Å². The smallest absolute Gasteiger partial charge is 0.269 e. The minimum Gasteiger partial charge on any atom is -0.494 e. The van der Waals surface area contributed by atoms with E-state index in [0.29, 0.717) is 17.9 Å². The van der Waals surface area contributed by atoms with Gasteiger partial charge in [-0.25, -0.2) is 0 Å². The maximum atomic E-state index is 12.1. The molecule has 2 aromatic carbocycles. The fourth-order valence-electron chi connectivity index (χ4n) is 2.57. The molecule has 1 heterocycles. The van der Waals surface area contributed by atoms with Crippen molar-refractivity contribution >= 4 is 22.7 Å². The third kappa shape index (κ3) is 3.98. The van der Waals surface area contributed by atoms with E-state index in [1.165, 1.54) is 0 Å². The lowest BCUT2D eigenvalue weighted by Crippen LogP contribution is -2.43. The fraction of sp³-hybridized carbons (Fsp3) is 0.158. The molecule has 0 bridgehead atoms. The summed E-state index contributed by atoms with van der Waals surface area (Å²) in [5.41, 5.74) is 6.24. The van der Waals surface area contributed by atoms with Gasteiger partial charge in [-0.1, -0.05) is 24.3 Å². The number of hydrogen-bond donors (Lipinski definition) is 2. The number of para-hydroxylation sites is 1. The highest BCUT2D eigenvalue weighted by atomic mass is 16.5. The number of aromatic nitrogens is 1. The molecule has 2 N–H and O–H groups in total. The van der Waals surface area contributed by atoms with E-state index in [2.05, 4.69) is 10.9 Å². The van der Waals surface area contributed by atoms with Crippen molar-refractivity contribution in [2.45, 2.75) is 13.5 Å². The molecule has 0 aliphatic rings. The molecule has 0 saturated heterocycles. The number of carbonyl (C=O) groups excluding carboxylic acids is 2. The lowest BCUT2D eigenvalue weighted by atomic mass is 10.2. The molecule has 0 unspecified atom stereocenters. The van der Waals surface area contributed by atoms with Crippen LogP contribution in [0.15, 0.2) is 60.8 Å². The first kappa shape index (κ1) is 16.6. The minimum atomic E-state index is -0.396. The highest BCUT2D eigenvalue weighted by Crippen LogP contribution is 2.15. The van der Waals surface area contributed by atoms with Crippen LogP contribution in [0.25, 0.3) is 10.9 Å². The van der Waals surface area contributed by atoms with Gasteiger partial charge in [-0.05, 0) is 42.6 Å². The van der Waals surface area contributed by atoms with Gasteiger partial charge < -0.3 is 9.30 Å². The topological polar surface area (TPSA) is 72.4 Å². The Kier molecular flexibility index (Phi) is 4.99. The number of amides is 2. The van der Waals surface area contributed by atoms with Crippen molar-refractivity contribution in [2.24, 2.45) is 0 Å². The standard InChI is InChI=1S/C19H19N3O3/c1-2-25-16-8-5-7-15(12-16)19(24)21-20-18(23)13-22-11-10-14-6-3-4-9-17(14)22/h3-12H,2,13H2,1H3,(H,20,23)(H,21,24). The number of hydrogen-bond acceptors (Lipinski definition) is 3. The van der Waals surface area contributed by atoms with Crippen LogP contribution in [0.3, 0.4) is 0 Å². The second-order valence-corrected chi connectivity index (χ2v) is 5.47. The van der Waals surface area contributed by atoms with Crippen molar-refractivity contribution in [3.05, 3.63) is 66.4 Å². The maximum absolute atomic E-state index is 12.1. The van der Waals surface area contributed by atoms with Gasteiger partial charge in [-0.3, -0.25) is 20.4 Å². The number of nitrogens with zero attached hydrogens (tertiary/aromatic N) is 1. The number of benzene rings is 2. The van der Waals surface area contributed by atoms with Crippen molar-refractivity contribution in [3.8, 4) is 5.75 Å². The molecule has 3 aromatic rings. The molecular formula is C19H19N3O3. The van der Waals surface area contributed by atoms with E-state index >= 15 is 0 Å². The number of fused-ring (bicyclic) bond motifs is 1. The summed E-state index contributed by atoms with van der Waals surface area (Å²) < 4.78 is 7.19. The predicted molar refractivity (Wildman–Crippen MR) is 95.2 cm³/mol. The van der Waals surface area contributed by atoms with Gasteiger partial charge in [0.15, 0.2) is 0 Å². The van der Waals surface area contributed by atoms with Crippen LogP contribution in [0.2, 0.25) is 0 Å².